The number of amidine groups is 1. The van der Waals surface area contributed by atoms with Crippen molar-refractivity contribution in [3.05, 3.63) is 0 Å². The molecule has 0 unspecified atom stereocenters. The van der Waals surface area contributed by atoms with Crippen LogP contribution in [-0.4, -0.2) is 25.2 Å². The summed E-state index contributed by atoms with van der Waals surface area (Å²) >= 11 is 0. The van der Waals surface area contributed by atoms with Gasteiger partial charge in [0.1, 0.15) is 0 Å². The van der Waals surface area contributed by atoms with Crippen LogP contribution in [0.1, 0.15) is 32.1 Å². The van der Waals surface area contributed by atoms with E-state index in [4.69, 9.17) is 5.73 Å². The van der Waals surface area contributed by atoms with Crippen LogP contribution in [0.15, 0.2) is 4.99 Å². The summed E-state index contributed by atoms with van der Waals surface area (Å²) in [4.78, 5) is 14.7. The second kappa shape index (κ2) is 5.47. The molecule has 1 rings (SSSR count). The molecule has 0 aromatic rings. The minimum atomic E-state index is -0.406. The summed E-state index contributed by atoms with van der Waals surface area (Å²) in [7, 11) is 1.38. The summed E-state index contributed by atoms with van der Waals surface area (Å²) in [6, 6.07) is -0.251. The molecule has 1 aliphatic carbocycles. The first-order valence-corrected chi connectivity index (χ1v) is 4.91. The molecule has 1 saturated carbocycles. The molecular weight excluding hydrogens is 182 g/mol. The fourth-order valence-electron chi connectivity index (χ4n) is 1.60. The van der Waals surface area contributed by atoms with E-state index in [1.165, 1.54) is 26.4 Å². The van der Waals surface area contributed by atoms with Crippen LogP contribution in [0.2, 0.25) is 0 Å². The van der Waals surface area contributed by atoms with Gasteiger partial charge in [-0.05, 0) is 12.8 Å². The van der Waals surface area contributed by atoms with Gasteiger partial charge < -0.3 is 15.8 Å². The molecule has 1 aliphatic rings. The first-order chi connectivity index (χ1) is 6.72. The van der Waals surface area contributed by atoms with Gasteiger partial charge in [-0.25, -0.2) is 4.79 Å². The minimum Gasteiger partial charge on any atom is -0.468 e. The molecule has 1 fully saturated rings. The maximum atomic E-state index is 11.2. The molecular formula is C9H17N3O2. The monoisotopic (exact) mass is 199 g/mol. The Kier molecular flexibility index (Phi) is 4.22. The summed E-state index contributed by atoms with van der Waals surface area (Å²) in [5, 5.41) is 2.80. The maximum absolute atomic E-state index is 11.2. The molecule has 0 aliphatic heterocycles. The Bertz CT molecular complexity index is 222. The minimum absolute atomic E-state index is 0.0988. The number of hydrogen-bond donors (Lipinski definition) is 2. The Hall–Kier alpha value is -1.26. The molecule has 0 saturated heterocycles. The van der Waals surface area contributed by atoms with Crippen molar-refractivity contribution in [1.82, 2.24) is 5.32 Å². The van der Waals surface area contributed by atoms with E-state index in [2.05, 4.69) is 15.0 Å². The van der Waals surface area contributed by atoms with Crippen molar-refractivity contribution in [3.8, 4) is 0 Å². The van der Waals surface area contributed by atoms with Gasteiger partial charge in [-0.15, -0.1) is 4.99 Å². The van der Waals surface area contributed by atoms with Gasteiger partial charge in [0.05, 0.1) is 7.11 Å². The number of urea groups is 1. The highest BCUT2D eigenvalue weighted by Crippen LogP contribution is 2.17. The molecule has 5 nitrogen and oxygen atoms in total. The van der Waals surface area contributed by atoms with Crippen LogP contribution in [0.5, 0.6) is 0 Å². The molecule has 0 heterocycles. The van der Waals surface area contributed by atoms with Crippen LogP contribution >= 0.6 is 0 Å². The fourth-order valence-corrected chi connectivity index (χ4v) is 1.60. The highest BCUT2D eigenvalue weighted by atomic mass is 16.5. The predicted molar refractivity (Wildman–Crippen MR) is 54.0 cm³/mol. The number of nitrogens with zero attached hydrogens (tertiary/aromatic N) is 1. The summed E-state index contributed by atoms with van der Waals surface area (Å²) in [5.41, 5.74) is 5.25. The van der Waals surface area contributed by atoms with Gasteiger partial charge in [0, 0.05) is 6.04 Å². The normalized spacial score (nSPS) is 19.1. The van der Waals surface area contributed by atoms with Crippen molar-refractivity contribution >= 4 is 12.1 Å². The number of amides is 2. The predicted octanol–water partition coefficient (Wildman–Crippen LogP) is 0.990. The first-order valence-electron chi connectivity index (χ1n) is 4.91. The molecule has 14 heavy (non-hydrogen) atoms. The molecule has 2 amide bonds. The fraction of sp³-hybridized carbons (Fsp3) is 0.778. The number of ether oxygens (including phenoxy) is 1. The van der Waals surface area contributed by atoms with Gasteiger partial charge >= 0.3 is 6.03 Å². The van der Waals surface area contributed by atoms with Crippen molar-refractivity contribution < 1.29 is 9.53 Å². The van der Waals surface area contributed by atoms with E-state index in [1.54, 1.807) is 0 Å². The van der Waals surface area contributed by atoms with Crippen LogP contribution in [0.25, 0.3) is 0 Å². The SMILES string of the molecule is CO/C(N)=N/C(=O)NC1CCCCC1. The van der Waals surface area contributed by atoms with Gasteiger partial charge in [-0.2, -0.15) is 0 Å². The molecule has 0 bridgehead atoms. The Morgan fingerprint density at radius 2 is 2.07 bits per heavy atom. The standard InChI is InChI=1S/C9H17N3O2/c1-14-8(10)12-9(13)11-7-5-3-2-4-6-7/h7H,2-6H2,1H3,(H3,10,11,12,13). The maximum Gasteiger partial charge on any atom is 0.345 e. The summed E-state index contributed by atoms with van der Waals surface area (Å²) < 4.78 is 4.58. The molecule has 0 aromatic heterocycles. The molecule has 0 atom stereocenters. The van der Waals surface area contributed by atoms with Crippen LogP contribution < -0.4 is 11.1 Å². The lowest BCUT2D eigenvalue weighted by molar-refractivity contribution is 0.240. The Balaban J connectivity index is 2.32. The zero-order valence-corrected chi connectivity index (χ0v) is 8.45. The topological polar surface area (TPSA) is 76.7 Å². The summed E-state index contributed by atoms with van der Waals surface area (Å²) in [6.45, 7) is 0. The zero-order chi connectivity index (χ0) is 10.4. The lowest BCUT2D eigenvalue weighted by Crippen LogP contribution is -2.35. The third-order valence-electron chi connectivity index (χ3n) is 2.35. The van der Waals surface area contributed by atoms with Crippen molar-refractivity contribution in [2.75, 3.05) is 7.11 Å². The second-order valence-electron chi connectivity index (χ2n) is 3.44. The number of rotatable bonds is 1. The lowest BCUT2D eigenvalue weighted by atomic mass is 9.96. The summed E-state index contributed by atoms with van der Waals surface area (Å²) in [6.07, 6.45) is 5.68. The molecule has 0 radical (unpaired) electrons. The smallest absolute Gasteiger partial charge is 0.345 e. The van der Waals surface area contributed by atoms with E-state index in [0.29, 0.717) is 0 Å². The van der Waals surface area contributed by atoms with E-state index < -0.39 is 6.03 Å². The van der Waals surface area contributed by atoms with Crippen LogP contribution in [0.3, 0.4) is 0 Å². The molecule has 0 spiro atoms. The third-order valence-corrected chi connectivity index (χ3v) is 2.35. The van der Waals surface area contributed by atoms with Crippen molar-refractivity contribution in [2.45, 2.75) is 38.1 Å². The highest BCUT2D eigenvalue weighted by Gasteiger charge is 2.15. The number of carbonyl (C=O) groups excluding carboxylic acids is 1. The Morgan fingerprint density at radius 1 is 1.43 bits per heavy atom. The average molecular weight is 199 g/mol. The number of aliphatic imine (C=N–C) groups is 1. The third kappa shape index (κ3) is 3.64. The van der Waals surface area contributed by atoms with Crippen LogP contribution in [0.4, 0.5) is 4.79 Å². The van der Waals surface area contributed by atoms with Crippen molar-refractivity contribution in [1.29, 1.82) is 0 Å². The molecule has 80 valence electrons. The number of methoxy groups -OCH3 is 1. The number of nitrogens with one attached hydrogen (secondary N) is 1. The average Bonchev–Trinajstić information content (AvgIpc) is 2.19. The van der Waals surface area contributed by atoms with E-state index in [-0.39, 0.29) is 12.1 Å². The molecule has 3 N–H and O–H groups in total. The van der Waals surface area contributed by atoms with Gasteiger partial charge in [0.2, 0.25) is 0 Å². The van der Waals surface area contributed by atoms with E-state index in [1.807, 2.05) is 0 Å². The zero-order valence-electron chi connectivity index (χ0n) is 8.45. The van der Waals surface area contributed by atoms with Crippen molar-refractivity contribution in [3.63, 3.8) is 0 Å². The lowest BCUT2D eigenvalue weighted by Gasteiger charge is -2.21. The van der Waals surface area contributed by atoms with Gasteiger partial charge in [-0.3, -0.25) is 0 Å². The summed E-state index contributed by atoms with van der Waals surface area (Å²) in [5.74, 6) is 0. The number of hydrogen-bond acceptors (Lipinski definition) is 2. The van der Waals surface area contributed by atoms with Crippen LogP contribution in [-0.2, 0) is 4.74 Å². The van der Waals surface area contributed by atoms with Gasteiger partial charge in [0.25, 0.3) is 6.02 Å². The molecule has 5 heteroatoms. The number of carbonyl (C=O) groups is 1. The Morgan fingerprint density at radius 3 is 2.64 bits per heavy atom. The van der Waals surface area contributed by atoms with E-state index in [0.717, 1.165) is 12.8 Å². The second-order valence-corrected chi connectivity index (χ2v) is 3.44. The largest absolute Gasteiger partial charge is 0.468 e. The Labute approximate surface area is 83.7 Å². The van der Waals surface area contributed by atoms with Crippen molar-refractivity contribution in [2.24, 2.45) is 10.7 Å². The number of nitrogens with two attached hydrogens (primary N) is 1. The van der Waals surface area contributed by atoms with Crippen LogP contribution in [0, 0.1) is 0 Å². The first kappa shape index (κ1) is 10.8. The molecule has 0 aromatic carbocycles. The van der Waals surface area contributed by atoms with Gasteiger partial charge in [-0.1, -0.05) is 19.3 Å². The van der Waals surface area contributed by atoms with E-state index >= 15 is 0 Å². The van der Waals surface area contributed by atoms with E-state index in [9.17, 15) is 4.79 Å². The highest BCUT2D eigenvalue weighted by molar-refractivity contribution is 5.88. The van der Waals surface area contributed by atoms with Gasteiger partial charge in [0.15, 0.2) is 0 Å². The quantitative estimate of drug-likeness (QED) is 0.488.